The summed E-state index contributed by atoms with van der Waals surface area (Å²) in [4.78, 5) is 14.1. The number of piperidine rings is 1. The van der Waals surface area contributed by atoms with Crippen LogP contribution in [0.5, 0.6) is 0 Å². The van der Waals surface area contributed by atoms with Crippen molar-refractivity contribution >= 4 is 17.5 Å². The molecule has 1 aliphatic heterocycles. The normalized spacial score (nSPS) is 21.7. The predicted molar refractivity (Wildman–Crippen MR) is 96.2 cm³/mol. The second kappa shape index (κ2) is 7.93. The highest BCUT2D eigenvalue weighted by atomic mass is 35.5. The number of carbonyl (C=O) groups is 1. The molecule has 1 saturated heterocycles. The van der Waals surface area contributed by atoms with E-state index in [1.807, 2.05) is 19.1 Å². The van der Waals surface area contributed by atoms with Gasteiger partial charge < -0.3 is 10.6 Å². The van der Waals surface area contributed by atoms with Gasteiger partial charge in [-0.1, -0.05) is 25.4 Å². The molecule has 7 nitrogen and oxygen atoms in total. The fraction of sp³-hybridized carbons (Fsp3) is 0.529. The summed E-state index contributed by atoms with van der Waals surface area (Å²) in [6.07, 6.45) is 1.53. The largest absolute Gasteiger partial charge is 0.351 e. The van der Waals surface area contributed by atoms with Gasteiger partial charge in [0.2, 0.25) is 11.7 Å². The number of benzene rings is 1. The van der Waals surface area contributed by atoms with Gasteiger partial charge in [-0.15, -0.1) is 10.2 Å². The van der Waals surface area contributed by atoms with Crippen molar-refractivity contribution in [3.8, 4) is 11.4 Å². The summed E-state index contributed by atoms with van der Waals surface area (Å²) >= 11 is 5.90. The van der Waals surface area contributed by atoms with Crippen LogP contribution in [0.4, 0.5) is 0 Å². The van der Waals surface area contributed by atoms with Gasteiger partial charge in [-0.25, -0.2) is 0 Å². The highest BCUT2D eigenvalue weighted by molar-refractivity contribution is 6.30. The fourth-order valence-corrected chi connectivity index (χ4v) is 3.16. The molecule has 3 unspecified atom stereocenters. The summed E-state index contributed by atoms with van der Waals surface area (Å²) in [5.74, 6) is 0.836. The molecule has 0 aliphatic carbocycles. The molecule has 1 aliphatic rings. The Morgan fingerprint density at radius 3 is 2.88 bits per heavy atom. The molecule has 134 valence electrons. The molecule has 2 heterocycles. The fourth-order valence-electron chi connectivity index (χ4n) is 3.03. The van der Waals surface area contributed by atoms with Crippen LogP contribution in [0, 0.1) is 5.92 Å². The number of hydrogen-bond acceptors (Lipinski definition) is 5. The summed E-state index contributed by atoms with van der Waals surface area (Å²) in [6, 6.07) is 6.95. The van der Waals surface area contributed by atoms with Gasteiger partial charge in [0.1, 0.15) is 0 Å². The number of rotatable bonds is 5. The minimum atomic E-state index is -0.462. The third-order valence-corrected chi connectivity index (χ3v) is 4.86. The van der Waals surface area contributed by atoms with E-state index < -0.39 is 6.04 Å². The monoisotopic (exact) mass is 362 g/mol. The van der Waals surface area contributed by atoms with E-state index in [9.17, 15) is 4.79 Å². The predicted octanol–water partition coefficient (Wildman–Crippen LogP) is 2.06. The number of aromatic nitrogens is 4. The van der Waals surface area contributed by atoms with Crippen molar-refractivity contribution < 1.29 is 4.79 Å². The van der Waals surface area contributed by atoms with Crippen molar-refractivity contribution in [2.45, 2.75) is 38.8 Å². The first-order chi connectivity index (χ1) is 12.1. The van der Waals surface area contributed by atoms with Crippen molar-refractivity contribution in [3.63, 3.8) is 0 Å². The Balaban J connectivity index is 1.72. The van der Waals surface area contributed by atoms with Crippen LogP contribution in [-0.2, 0) is 4.79 Å². The summed E-state index contributed by atoms with van der Waals surface area (Å²) in [7, 11) is 0. The molecular weight excluding hydrogens is 340 g/mol. The molecule has 1 aromatic carbocycles. The molecule has 2 aromatic rings. The average Bonchev–Trinajstić information content (AvgIpc) is 3.08. The van der Waals surface area contributed by atoms with Crippen molar-refractivity contribution in [3.05, 3.63) is 29.3 Å². The molecule has 0 spiro atoms. The van der Waals surface area contributed by atoms with Crippen LogP contribution in [-0.4, -0.2) is 45.2 Å². The topological polar surface area (TPSA) is 84.7 Å². The quantitative estimate of drug-likeness (QED) is 0.850. The van der Waals surface area contributed by atoms with Crippen LogP contribution in [0.1, 0.15) is 32.7 Å². The number of hydrogen-bond donors (Lipinski definition) is 2. The Kier molecular flexibility index (Phi) is 5.65. The molecule has 3 atom stereocenters. The van der Waals surface area contributed by atoms with Crippen LogP contribution in [0.3, 0.4) is 0 Å². The highest BCUT2D eigenvalue weighted by Gasteiger charge is 2.28. The zero-order chi connectivity index (χ0) is 17.8. The zero-order valence-electron chi connectivity index (χ0n) is 14.4. The molecule has 0 bridgehead atoms. The first kappa shape index (κ1) is 17.8. The lowest BCUT2D eigenvalue weighted by molar-refractivity contribution is -0.126. The first-order valence-electron chi connectivity index (χ1n) is 8.65. The summed E-state index contributed by atoms with van der Waals surface area (Å²) in [6.45, 7) is 5.93. The smallest absolute Gasteiger partial charge is 0.247 e. The van der Waals surface area contributed by atoms with Gasteiger partial charge >= 0.3 is 0 Å². The Morgan fingerprint density at radius 1 is 1.44 bits per heavy atom. The Labute approximate surface area is 152 Å². The van der Waals surface area contributed by atoms with Crippen molar-refractivity contribution in [2.75, 3.05) is 13.1 Å². The molecule has 0 radical (unpaired) electrons. The van der Waals surface area contributed by atoms with Crippen molar-refractivity contribution in [1.82, 2.24) is 30.8 Å². The zero-order valence-corrected chi connectivity index (χ0v) is 15.2. The van der Waals surface area contributed by atoms with E-state index in [1.165, 1.54) is 4.80 Å². The summed E-state index contributed by atoms with van der Waals surface area (Å²) < 4.78 is 0. The average molecular weight is 363 g/mol. The van der Waals surface area contributed by atoms with E-state index in [-0.39, 0.29) is 11.9 Å². The maximum Gasteiger partial charge on any atom is 0.247 e. The minimum absolute atomic E-state index is 0.0543. The number of tetrazole rings is 1. The Hall–Kier alpha value is -1.99. The third-order valence-electron chi connectivity index (χ3n) is 4.61. The number of nitrogens with one attached hydrogen (secondary N) is 2. The first-order valence-corrected chi connectivity index (χ1v) is 9.02. The van der Waals surface area contributed by atoms with Crippen LogP contribution in [0.25, 0.3) is 11.4 Å². The van der Waals surface area contributed by atoms with Gasteiger partial charge in [0, 0.05) is 16.6 Å². The van der Waals surface area contributed by atoms with E-state index in [0.717, 1.165) is 25.1 Å². The number of carbonyl (C=O) groups excluding carboxylic acids is 1. The molecule has 1 fully saturated rings. The van der Waals surface area contributed by atoms with Crippen LogP contribution >= 0.6 is 11.6 Å². The molecular formula is C17H23ClN6O. The lowest BCUT2D eigenvalue weighted by Gasteiger charge is -2.31. The molecule has 3 rings (SSSR count). The number of halogens is 1. The maximum absolute atomic E-state index is 12.7. The van der Waals surface area contributed by atoms with Crippen LogP contribution < -0.4 is 10.6 Å². The lowest BCUT2D eigenvalue weighted by atomic mass is 9.95. The molecule has 8 heteroatoms. The van der Waals surface area contributed by atoms with Crippen molar-refractivity contribution in [2.24, 2.45) is 5.92 Å². The van der Waals surface area contributed by atoms with Crippen LogP contribution in [0.2, 0.25) is 5.02 Å². The second-order valence-electron chi connectivity index (χ2n) is 6.45. The number of amides is 1. The lowest BCUT2D eigenvalue weighted by Crippen LogP contribution is -2.50. The van der Waals surface area contributed by atoms with Gasteiger partial charge in [-0.05, 0) is 61.3 Å². The van der Waals surface area contributed by atoms with E-state index in [0.29, 0.717) is 23.2 Å². The summed E-state index contributed by atoms with van der Waals surface area (Å²) in [5, 5.41) is 19.7. The van der Waals surface area contributed by atoms with Crippen molar-refractivity contribution in [1.29, 1.82) is 0 Å². The van der Waals surface area contributed by atoms with E-state index in [4.69, 9.17) is 11.6 Å². The van der Waals surface area contributed by atoms with Crippen LogP contribution in [0.15, 0.2) is 24.3 Å². The van der Waals surface area contributed by atoms with E-state index >= 15 is 0 Å². The van der Waals surface area contributed by atoms with Gasteiger partial charge in [-0.2, -0.15) is 4.80 Å². The SMILES string of the molecule is CCC(C(=O)NC1CCNCC1C)n1nnc(-c2ccc(Cl)cc2)n1. The Bertz CT molecular complexity index is 716. The van der Waals surface area contributed by atoms with E-state index in [1.54, 1.807) is 12.1 Å². The Morgan fingerprint density at radius 2 is 2.20 bits per heavy atom. The van der Waals surface area contributed by atoms with Gasteiger partial charge in [-0.3, -0.25) is 4.79 Å². The minimum Gasteiger partial charge on any atom is -0.351 e. The summed E-state index contributed by atoms with van der Waals surface area (Å²) in [5.41, 5.74) is 0.817. The molecule has 0 saturated carbocycles. The standard InChI is InChI=1S/C17H23ClN6O/c1-3-15(17(25)20-14-8-9-19-10-11(14)2)24-22-16(21-23-24)12-4-6-13(18)7-5-12/h4-7,11,14-15,19H,3,8-10H2,1-2H3,(H,20,25). The molecule has 2 N–H and O–H groups in total. The molecule has 1 aromatic heterocycles. The third kappa shape index (κ3) is 4.16. The van der Waals surface area contributed by atoms with Gasteiger partial charge in [0.15, 0.2) is 6.04 Å². The highest BCUT2D eigenvalue weighted by Crippen LogP contribution is 2.19. The second-order valence-corrected chi connectivity index (χ2v) is 6.89. The van der Waals surface area contributed by atoms with Gasteiger partial charge in [0.05, 0.1) is 0 Å². The van der Waals surface area contributed by atoms with E-state index in [2.05, 4.69) is 33.0 Å². The van der Waals surface area contributed by atoms with Gasteiger partial charge in [0.25, 0.3) is 0 Å². The maximum atomic E-state index is 12.7. The molecule has 1 amide bonds. The molecule has 25 heavy (non-hydrogen) atoms. The number of nitrogens with zero attached hydrogens (tertiary/aromatic N) is 4.